The fraction of sp³-hybridized carbons (Fsp3) is 0.409. The number of halogens is 1. The van der Waals surface area contributed by atoms with Gasteiger partial charge in [-0.2, -0.15) is 0 Å². The molecule has 0 atom stereocenters. The summed E-state index contributed by atoms with van der Waals surface area (Å²) in [5.41, 5.74) is 1.26. The minimum Gasteiger partial charge on any atom is -0.491 e. The van der Waals surface area contributed by atoms with E-state index in [-0.39, 0.29) is 23.7 Å². The number of sulfonamides is 1. The van der Waals surface area contributed by atoms with Gasteiger partial charge in [0.1, 0.15) is 5.75 Å². The summed E-state index contributed by atoms with van der Waals surface area (Å²) in [6.45, 7) is 4.53. The van der Waals surface area contributed by atoms with Crippen LogP contribution in [0.1, 0.15) is 32.3 Å². The molecule has 1 fully saturated rings. The van der Waals surface area contributed by atoms with Crippen molar-refractivity contribution in [2.24, 2.45) is 5.92 Å². The van der Waals surface area contributed by atoms with E-state index in [1.54, 1.807) is 30.3 Å². The zero-order chi connectivity index (χ0) is 21.7. The topological polar surface area (TPSA) is 75.7 Å². The maximum atomic E-state index is 12.8. The predicted octanol–water partition coefficient (Wildman–Crippen LogP) is 4.31. The van der Waals surface area contributed by atoms with Gasteiger partial charge < -0.3 is 10.1 Å². The fourth-order valence-corrected chi connectivity index (χ4v) is 5.34. The van der Waals surface area contributed by atoms with E-state index < -0.39 is 10.0 Å². The zero-order valence-electron chi connectivity index (χ0n) is 17.2. The third-order valence-electron chi connectivity index (χ3n) is 4.99. The Balaban J connectivity index is 1.56. The number of carbonyl (C=O) groups excluding carboxylic acids is 1. The Hall–Kier alpha value is -2.09. The standard InChI is InChI=1S/C22H27ClN2O4S/c1-16(2)29-20-8-5-7-19(14-20)24-22(26)17-10-12-25(13-11-17)30(27,28)15-18-6-3-4-9-21(18)23/h3-9,14,16-17H,10-13,15H2,1-2H3,(H,24,26). The summed E-state index contributed by atoms with van der Waals surface area (Å²) < 4.78 is 32.6. The Morgan fingerprint density at radius 1 is 1.17 bits per heavy atom. The van der Waals surface area contributed by atoms with Gasteiger partial charge in [-0.15, -0.1) is 0 Å². The van der Waals surface area contributed by atoms with Crippen LogP contribution in [-0.2, 0) is 20.6 Å². The smallest absolute Gasteiger partial charge is 0.227 e. The van der Waals surface area contributed by atoms with Gasteiger partial charge in [-0.3, -0.25) is 4.79 Å². The van der Waals surface area contributed by atoms with Crippen molar-refractivity contribution in [1.82, 2.24) is 4.31 Å². The molecule has 0 aromatic heterocycles. The maximum absolute atomic E-state index is 12.8. The van der Waals surface area contributed by atoms with E-state index in [4.69, 9.17) is 16.3 Å². The van der Waals surface area contributed by atoms with Gasteiger partial charge >= 0.3 is 0 Å². The molecule has 0 spiro atoms. The number of ether oxygens (including phenoxy) is 1. The lowest BCUT2D eigenvalue weighted by molar-refractivity contribution is -0.120. The molecule has 1 aliphatic rings. The Kier molecular flexibility index (Phi) is 7.39. The SMILES string of the molecule is CC(C)Oc1cccc(NC(=O)C2CCN(S(=O)(=O)Cc3ccccc3Cl)CC2)c1. The molecule has 1 aliphatic heterocycles. The van der Waals surface area contributed by atoms with Crippen LogP contribution in [0.25, 0.3) is 0 Å². The minimum atomic E-state index is -3.48. The number of nitrogens with zero attached hydrogens (tertiary/aromatic N) is 1. The van der Waals surface area contributed by atoms with Crippen molar-refractivity contribution in [1.29, 1.82) is 0 Å². The van der Waals surface area contributed by atoms with Crippen LogP contribution in [0.2, 0.25) is 5.02 Å². The van der Waals surface area contributed by atoms with Crippen LogP contribution in [0.15, 0.2) is 48.5 Å². The highest BCUT2D eigenvalue weighted by Crippen LogP contribution is 2.26. The van der Waals surface area contributed by atoms with Crippen LogP contribution >= 0.6 is 11.6 Å². The van der Waals surface area contributed by atoms with Gasteiger partial charge in [0.15, 0.2) is 0 Å². The summed E-state index contributed by atoms with van der Waals surface area (Å²) in [6.07, 6.45) is 1.01. The molecule has 2 aromatic carbocycles. The van der Waals surface area contributed by atoms with Crippen LogP contribution in [0.5, 0.6) is 5.75 Å². The van der Waals surface area contributed by atoms with E-state index in [2.05, 4.69) is 5.32 Å². The molecule has 2 aromatic rings. The first-order valence-electron chi connectivity index (χ1n) is 10.0. The highest BCUT2D eigenvalue weighted by Gasteiger charge is 2.31. The van der Waals surface area contributed by atoms with Crippen molar-refractivity contribution in [3.05, 3.63) is 59.1 Å². The number of carbonyl (C=O) groups is 1. The summed E-state index contributed by atoms with van der Waals surface area (Å²) in [7, 11) is -3.48. The Morgan fingerprint density at radius 3 is 2.53 bits per heavy atom. The second-order valence-electron chi connectivity index (χ2n) is 7.70. The van der Waals surface area contributed by atoms with E-state index in [1.807, 2.05) is 32.0 Å². The van der Waals surface area contributed by atoms with Gasteiger partial charge in [-0.05, 0) is 50.5 Å². The van der Waals surface area contributed by atoms with Crippen LogP contribution in [0.4, 0.5) is 5.69 Å². The molecule has 1 amide bonds. The first-order valence-corrected chi connectivity index (χ1v) is 12.0. The monoisotopic (exact) mass is 450 g/mol. The van der Waals surface area contributed by atoms with E-state index in [9.17, 15) is 13.2 Å². The minimum absolute atomic E-state index is 0.0491. The Labute approximate surface area is 183 Å². The second-order valence-corrected chi connectivity index (χ2v) is 10.1. The summed E-state index contributed by atoms with van der Waals surface area (Å²) in [5.74, 6) is 0.237. The van der Waals surface area contributed by atoms with Gasteiger partial charge in [0.25, 0.3) is 0 Å². The van der Waals surface area contributed by atoms with Crippen molar-refractivity contribution in [2.75, 3.05) is 18.4 Å². The number of hydrogen-bond acceptors (Lipinski definition) is 4. The molecule has 1 N–H and O–H groups in total. The zero-order valence-corrected chi connectivity index (χ0v) is 18.7. The Morgan fingerprint density at radius 2 is 1.87 bits per heavy atom. The molecule has 3 rings (SSSR count). The van der Waals surface area contributed by atoms with E-state index >= 15 is 0 Å². The van der Waals surface area contributed by atoms with Gasteiger partial charge in [-0.1, -0.05) is 35.9 Å². The molecule has 8 heteroatoms. The van der Waals surface area contributed by atoms with Crippen molar-refractivity contribution < 1.29 is 17.9 Å². The fourth-order valence-electron chi connectivity index (χ4n) is 3.46. The summed E-state index contributed by atoms with van der Waals surface area (Å²) >= 11 is 6.10. The normalized spacial score (nSPS) is 15.9. The molecule has 30 heavy (non-hydrogen) atoms. The average Bonchev–Trinajstić information content (AvgIpc) is 2.69. The van der Waals surface area contributed by atoms with Crippen molar-refractivity contribution >= 4 is 33.2 Å². The van der Waals surface area contributed by atoms with Crippen LogP contribution in [0.3, 0.4) is 0 Å². The molecule has 162 valence electrons. The maximum Gasteiger partial charge on any atom is 0.227 e. The van der Waals surface area contributed by atoms with E-state index in [0.29, 0.717) is 48.0 Å². The van der Waals surface area contributed by atoms with Crippen molar-refractivity contribution in [3.8, 4) is 5.75 Å². The third-order valence-corrected chi connectivity index (χ3v) is 7.18. The number of hydrogen-bond donors (Lipinski definition) is 1. The van der Waals surface area contributed by atoms with Gasteiger partial charge in [0.05, 0.1) is 11.9 Å². The molecule has 1 heterocycles. The van der Waals surface area contributed by atoms with Gasteiger partial charge in [0, 0.05) is 35.8 Å². The second kappa shape index (κ2) is 9.81. The summed E-state index contributed by atoms with van der Waals surface area (Å²) in [4.78, 5) is 12.7. The van der Waals surface area contributed by atoms with Crippen LogP contribution in [-0.4, -0.2) is 37.8 Å². The number of nitrogens with one attached hydrogen (secondary N) is 1. The van der Waals surface area contributed by atoms with Crippen molar-refractivity contribution in [2.45, 2.75) is 38.5 Å². The molecule has 0 bridgehead atoms. The number of benzene rings is 2. The van der Waals surface area contributed by atoms with E-state index in [1.165, 1.54) is 4.31 Å². The number of piperidine rings is 1. The molecular formula is C22H27ClN2O4S. The highest BCUT2D eigenvalue weighted by atomic mass is 35.5. The highest BCUT2D eigenvalue weighted by molar-refractivity contribution is 7.88. The van der Waals surface area contributed by atoms with Crippen LogP contribution in [0, 0.1) is 5.92 Å². The molecule has 0 aliphatic carbocycles. The van der Waals surface area contributed by atoms with Crippen molar-refractivity contribution in [3.63, 3.8) is 0 Å². The summed E-state index contributed by atoms with van der Waals surface area (Å²) in [5, 5.41) is 3.37. The molecular weight excluding hydrogens is 424 g/mol. The number of amides is 1. The lowest BCUT2D eigenvalue weighted by atomic mass is 9.97. The predicted molar refractivity (Wildman–Crippen MR) is 119 cm³/mol. The molecule has 0 radical (unpaired) electrons. The van der Waals surface area contributed by atoms with Gasteiger partial charge in [0.2, 0.25) is 15.9 Å². The average molecular weight is 451 g/mol. The first kappa shape index (κ1) is 22.6. The van der Waals surface area contributed by atoms with Crippen LogP contribution < -0.4 is 10.1 Å². The largest absolute Gasteiger partial charge is 0.491 e. The lowest BCUT2D eigenvalue weighted by Gasteiger charge is -2.30. The number of anilines is 1. The molecule has 1 saturated heterocycles. The number of rotatable bonds is 7. The lowest BCUT2D eigenvalue weighted by Crippen LogP contribution is -2.41. The van der Waals surface area contributed by atoms with Gasteiger partial charge in [-0.25, -0.2) is 12.7 Å². The molecule has 0 saturated carbocycles. The first-order chi connectivity index (χ1) is 14.2. The quantitative estimate of drug-likeness (QED) is 0.682. The molecule has 6 nitrogen and oxygen atoms in total. The van der Waals surface area contributed by atoms with E-state index in [0.717, 1.165) is 0 Å². The summed E-state index contributed by atoms with van der Waals surface area (Å²) in [6, 6.07) is 14.2. The third kappa shape index (κ3) is 5.97. The molecule has 0 unspecified atom stereocenters. The Bertz CT molecular complexity index is 986.